The third-order valence-corrected chi connectivity index (χ3v) is 2.80. The molecule has 1 N–H and O–H groups in total. The van der Waals surface area contributed by atoms with Crippen LogP contribution in [0.1, 0.15) is 28.5 Å². The minimum atomic E-state index is 0.0809. The molecule has 0 aliphatic carbocycles. The number of aromatic nitrogens is 1. The van der Waals surface area contributed by atoms with Crippen molar-refractivity contribution in [2.75, 3.05) is 0 Å². The van der Waals surface area contributed by atoms with Gasteiger partial charge in [0.1, 0.15) is 0 Å². The summed E-state index contributed by atoms with van der Waals surface area (Å²) in [5.74, 6) is 0.0809. The molecule has 0 fully saturated rings. The van der Waals surface area contributed by atoms with Crippen LogP contribution in [0.3, 0.4) is 0 Å². The number of nitrogens with one attached hydrogen (secondary N) is 1. The summed E-state index contributed by atoms with van der Waals surface area (Å²) < 4.78 is 0. The summed E-state index contributed by atoms with van der Waals surface area (Å²) >= 11 is 0. The van der Waals surface area contributed by atoms with E-state index in [9.17, 15) is 4.79 Å². The first-order chi connectivity index (χ1) is 7.59. The van der Waals surface area contributed by atoms with E-state index in [0.29, 0.717) is 5.69 Å². The molecule has 2 heteroatoms. The van der Waals surface area contributed by atoms with Crippen molar-refractivity contribution in [3.8, 4) is 11.3 Å². The Morgan fingerprint density at radius 3 is 2.38 bits per heavy atom. The van der Waals surface area contributed by atoms with Crippen LogP contribution in [-0.2, 0) is 0 Å². The van der Waals surface area contributed by atoms with Crippen molar-refractivity contribution in [1.82, 2.24) is 4.98 Å². The topological polar surface area (TPSA) is 32.9 Å². The molecule has 1 aromatic carbocycles. The molecule has 1 aromatic heterocycles. The van der Waals surface area contributed by atoms with E-state index < -0.39 is 0 Å². The third kappa shape index (κ3) is 1.78. The largest absolute Gasteiger partial charge is 0.352 e. The van der Waals surface area contributed by atoms with Crippen LogP contribution in [0.5, 0.6) is 0 Å². The molecule has 0 amide bonds. The van der Waals surface area contributed by atoms with Crippen LogP contribution in [0.4, 0.5) is 0 Å². The maximum atomic E-state index is 11.4. The van der Waals surface area contributed by atoms with E-state index in [1.807, 2.05) is 25.1 Å². The lowest BCUT2D eigenvalue weighted by Gasteiger charge is -2.02. The molecule has 2 rings (SSSR count). The van der Waals surface area contributed by atoms with Gasteiger partial charge in [0.25, 0.3) is 0 Å². The monoisotopic (exact) mass is 213 g/mol. The van der Waals surface area contributed by atoms with E-state index in [1.165, 1.54) is 5.56 Å². The van der Waals surface area contributed by atoms with Gasteiger partial charge in [0.15, 0.2) is 5.78 Å². The average molecular weight is 213 g/mol. The van der Waals surface area contributed by atoms with Crippen LogP contribution in [0.25, 0.3) is 11.3 Å². The van der Waals surface area contributed by atoms with Gasteiger partial charge >= 0.3 is 0 Å². The van der Waals surface area contributed by atoms with E-state index >= 15 is 0 Å². The Balaban J connectivity index is 2.54. The molecule has 0 aliphatic heterocycles. The van der Waals surface area contributed by atoms with Gasteiger partial charge in [-0.3, -0.25) is 4.79 Å². The first kappa shape index (κ1) is 10.7. The number of hydrogen-bond acceptors (Lipinski definition) is 1. The standard InChI is InChI=1S/C14H15NO/c1-9-6-4-5-7-12(9)13-8-10(2)14(15-13)11(3)16/h4-8,15H,1-3H3. The van der Waals surface area contributed by atoms with Crippen LogP contribution in [-0.4, -0.2) is 10.8 Å². The van der Waals surface area contributed by atoms with Gasteiger partial charge in [-0.25, -0.2) is 0 Å². The number of aromatic amines is 1. The van der Waals surface area contributed by atoms with Crippen LogP contribution in [0.2, 0.25) is 0 Å². The van der Waals surface area contributed by atoms with Crippen molar-refractivity contribution < 1.29 is 4.79 Å². The molecule has 0 spiro atoms. The predicted molar refractivity (Wildman–Crippen MR) is 65.7 cm³/mol. The summed E-state index contributed by atoms with van der Waals surface area (Å²) in [5, 5.41) is 0. The second-order valence-corrected chi connectivity index (χ2v) is 4.11. The summed E-state index contributed by atoms with van der Waals surface area (Å²) in [6.07, 6.45) is 0. The Morgan fingerprint density at radius 1 is 1.12 bits per heavy atom. The minimum absolute atomic E-state index is 0.0809. The molecule has 16 heavy (non-hydrogen) atoms. The highest BCUT2D eigenvalue weighted by Gasteiger charge is 2.10. The van der Waals surface area contributed by atoms with E-state index in [2.05, 4.69) is 24.0 Å². The van der Waals surface area contributed by atoms with Gasteiger partial charge in [-0.2, -0.15) is 0 Å². The third-order valence-electron chi connectivity index (χ3n) is 2.80. The Morgan fingerprint density at radius 2 is 1.81 bits per heavy atom. The van der Waals surface area contributed by atoms with Crippen LogP contribution >= 0.6 is 0 Å². The summed E-state index contributed by atoms with van der Waals surface area (Å²) in [4.78, 5) is 14.6. The van der Waals surface area contributed by atoms with Gasteiger partial charge in [0, 0.05) is 18.2 Å². The van der Waals surface area contributed by atoms with Crippen molar-refractivity contribution in [3.05, 3.63) is 47.2 Å². The van der Waals surface area contributed by atoms with Crippen molar-refractivity contribution in [2.45, 2.75) is 20.8 Å². The summed E-state index contributed by atoms with van der Waals surface area (Å²) in [6, 6.07) is 10.2. The number of benzene rings is 1. The maximum Gasteiger partial charge on any atom is 0.176 e. The second-order valence-electron chi connectivity index (χ2n) is 4.11. The first-order valence-electron chi connectivity index (χ1n) is 5.36. The zero-order valence-electron chi connectivity index (χ0n) is 9.79. The molecular weight excluding hydrogens is 198 g/mol. The van der Waals surface area contributed by atoms with Crippen molar-refractivity contribution in [3.63, 3.8) is 0 Å². The minimum Gasteiger partial charge on any atom is -0.352 e. The normalized spacial score (nSPS) is 10.4. The molecule has 0 radical (unpaired) electrons. The maximum absolute atomic E-state index is 11.4. The average Bonchev–Trinajstić information content (AvgIpc) is 2.61. The SMILES string of the molecule is CC(=O)c1[nH]c(-c2ccccc2C)cc1C. The van der Waals surface area contributed by atoms with E-state index in [0.717, 1.165) is 16.8 Å². The zero-order valence-corrected chi connectivity index (χ0v) is 9.79. The van der Waals surface area contributed by atoms with E-state index in [-0.39, 0.29) is 5.78 Å². The smallest absolute Gasteiger partial charge is 0.176 e. The number of Topliss-reactive ketones (excluding diaryl/α,β-unsaturated/α-hetero) is 1. The Hall–Kier alpha value is -1.83. The van der Waals surface area contributed by atoms with Crippen LogP contribution < -0.4 is 0 Å². The summed E-state index contributed by atoms with van der Waals surface area (Å²) in [6.45, 7) is 5.61. The fourth-order valence-electron chi connectivity index (χ4n) is 1.94. The van der Waals surface area contributed by atoms with Gasteiger partial charge in [0.05, 0.1) is 5.69 Å². The number of hydrogen-bond donors (Lipinski definition) is 1. The number of H-pyrrole nitrogens is 1. The van der Waals surface area contributed by atoms with Gasteiger partial charge in [0.2, 0.25) is 0 Å². The number of carbonyl (C=O) groups is 1. The molecule has 0 aliphatic rings. The number of rotatable bonds is 2. The molecule has 1 heterocycles. The number of carbonyl (C=O) groups excluding carboxylic acids is 1. The summed E-state index contributed by atoms with van der Waals surface area (Å²) in [5.41, 5.74) is 5.08. The molecule has 2 aromatic rings. The fraction of sp³-hybridized carbons (Fsp3) is 0.214. The Labute approximate surface area is 95.3 Å². The number of ketones is 1. The Kier molecular flexibility index (Phi) is 2.65. The Bertz CT molecular complexity index is 537. The predicted octanol–water partition coefficient (Wildman–Crippen LogP) is 3.50. The molecular formula is C14H15NO. The quantitative estimate of drug-likeness (QED) is 0.761. The molecule has 82 valence electrons. The summed E-state index contributed by atoms with van der Waals surface area (Å²) in [7, 11) is 0. The second kappa shape index (κ2) is 3.97. The molecule has 0 atom stereocenters. The molecule has 2 nitrogen and oxygen atoms in total. The molecule has 0 saturated carbocycles. The lowest BCUT2D eigenvalue weighted by atomic mass is 10.1. The van der Waals surface area contributed by atoms with Crippen LogP contribution in [0, 0.1) is 13.8 Å². The zero-order chi connectivity index (χ0) is 11.7. The molecule has 0 bridgehead atoms. The lowest BCUT2D eigenvalue weighted by molar-refractivity contribution is 0.101. The highest BCUT2D eigenvalue weighted by molar-refractivity contribution is 5.94. The number of aryl methyl sites for hydroxylation is 2. The molecule has 0 unspecified atom stereocenters. The van der Waals surface area contributed by atoms with E-state index in [4.69, 9.17) is 0 Å². The van der Waals surface area contributed by atoms with Gasteiger partial charge in [-0.1, -0.05) is 24.3 Å². The van der Waals surface area contributed by atoms with Crippen molar-refractivity contribution in [1.29, 1.82) is 0 Å². The fourth-order valence-corrected chi connectivity index (χ4v) is 1.94. The highest BCUT2D eigenvalue weighted by atomic mass is 16.1. The van der Waals surface area contributed by atoms with Gasteiger partial charge < -0.3 is 4.98 Å². The van der Waals surface area contributed by atoms with E-state index in [1.54, 1.807) is 6.92 Å². The van der Waals surface area contributed by atoms with Crippen LogP contribution in [0.15, 0.2) is 30.3 Å². The molecule has 0 saturated heterocycles. The van der Waals surface area contributed by atoms with Crippen molar-refractivity contribution in [2.24, 2.45) is 0 Å². The van der Waals surface area contributed by atoms with Crippen molar-refractivity contribution >= 4 is 5.78 Å². The lowest BCUT2D eigenvalue weighted by Crippen LogP contribution is -1.94. The van der Waals surface area contributed by atoms with Gasteiger partial charge in [-0.15, -0.1) is 0 Å². The first-order valence-corrected chi connectivity index (χ1v) is 5.36. The highest BCUT2D eigenvalue weighted by Crippen LogP contribution is 2.24. The van der Waals surface area contributed by atoms with Gasteiger partial charge in [-0.05, 0) is 31.0 Å².